The lowest BCUT2D eigenvalue weighted by Gasteiger charge is -2.35. The van der Waals surface area contributed by atoms with Crippen molar-refractivity contribution in [1.82, 2.24) is 15.5 Å². The van der Waals surface area contributed by atoms with Gasteiger partial charge in [0.25, 0.3) is 0 Å². The minimum absolute atomic E-state index is 0.0430. The molecule has 2 aliphatic heterocycles. The molecule has 2 atom stereocenters. The maximum absolute atomic E-state index is 12.3. The molecule has 0 radical (unpaired) electrons. The molecule has 1 aromatic carbocycles. The van der Waals surface area contributed by atoms with Crippen molar-refractivity contribution in [3.05, 3.63) is 35.4 Å². The molecule has 0 aliphatic carbocycles. The van der Waals surface area contributed by atoms with E-state index in [1.54, 1.807) is 0 Å². The summed E-state index contributed by atoms with van der Waals surface area (Å²) in [6.45, 7) is 5.76. The zero-order valence-electron chi connectivity index (χ0n) is 14.1. The number of nitrogens with one attached hydrogen (secondary N) is 2. The number of aryl methyl sites for hydroxylation is 1. The van der Waals surface area contributed by atoms with Gasteiger partial charge in [-0.2, -0.15) is 0 Å². The molecule has 24 heavy (non-hydrogen) atoms. The monoisotopic (exact) mass is 331 g/mol. The number of ether oxygens (including phenoxy) is 1. The van der Waals surface area contributed by atoms with Crippen LogP contribution in [0.25, 0.3) is 0 Å². The lowest BCUT2D eigenvalue weighted by molar-refractivity contribution is -0.126. The Balaban J connectivity index is 1.67. The number of morpholine rings is 1. The molecule has 2 aliphatic rings. The molecule has 6 heteroatoms. The molecule has 2 fully saturated rings. The van der Waals surface area contributed by atoms with Gasteiger partial charge in [0, 0.05) is 26.1 Å². The summed E-state index contributed by atoms with van der Waals surface area (Å²) in [5.74, 6) is -0.134. The Kier molecular flexibility index (Phi) is 5.48. The third kappa shape index (κ3) is 4.13. The van der Waals surface area contributed by atoms with E-state index < -0.39 is 0 Å². The first-order valence-electron chi connectivity index (χ1n) is 8.59. The highest BCUT2D eigenvalue weighted by molar-refractivity contribution is 5.90. The Morgan fingerprint density at radius 3 is 2.88 bits per heavy atom. The second-order valence-corrected chi connectivity index (χ2v) is 6.48. The Morgan fingerprint density at radius 1 is 1.42 bits per heavy atom. The second-order valence-electron chi connectivity index (χ2n) is 6.48. The van der Waals surface area contributed by atoms with Crippen molar-refractivity contribution >= 4 is 11.8 Å². The predicted octanol–water partition coefficient (Wildman–Crippen LogP) is 0.763. The van der Waals surface area contributed by atoms with E-state index in [9.17, 15) is 9.59 Å². The zero-order valence-corrected chi connectivity index (χ0v) is 14.1. The van der Waals surface area contributed by atoms with Crippen LogP contribution in [0, 0.1) is 6.92 Å². The van der Waals surface area contributed by atoms with E-state index in [-0.39, 0.29) is 23.9 Å². The molecule has 6 nitrogen and oxygen atoms in total. The number of carbonyl (C=O) groups excluding carboxylic acids is 2. The van der Waals surface area contributed by atoms with Gasteiger partial charge in [0.2, 0.25) is 11.8 Å². The summed E-state index contributed by atoms with van der Waals surface area (Å²) < 4.78 is 5.45. The van der Waals surface area contributed by atoms with Crippen LogP contribution in [0.5, 0.6) is 0 Å². The maximum Gasteiger partial charge on any atom is 0.242 e. The quantitative estimate of drug-likeness (QED) is 0.836. The van der Waals surface area contributed by atoms with Gasteiger partial charge in [-0.05, 0) is 18.9 Å². The summed E-state index contributed by atoms with van der Waals surface area (Å²) in [6, 6.07) is 8.14. The van der Waals surface area contributed by atoms with Crippen LogP contribution in [0.15, 0.2) is 24.3 Å². The second kappa shape index (κ2) is 7.77. The molecule has 3 rings (SSSR count). The molecule has 0 saturated carbocycles. The molecular formula is C18H25N3O3. The van der Waals surface area contributed by atoms with E-state index >= 15 is 0 Å². The summed E-state index contributed by atoms with van der Waals surface area (Å²) in [5, 5.41) is 5.75. The Morgan fingerprint density at radius 2 is 2.21 bits per heavy atom. The van der Waals surface area contributed by atoms with Crippen molar-refractivity contribution in [2.45, 2.75) is 31.8 Å². The molecule has 0 aromatic heterocycles. The van der Waals surface area contributed by atoms with Crippen molar-refractivity contribution in [2.75, 3.05) is 32.8 Å². The number of benzene rings is 1. The first kappa shape index (κ1) is 16.9. The van der Waals surface area contributed by atoms with Gasteiger partial charge in [0.15, 0.2) is 0 Å². The van der Waals surface area contributed by atoms with Gasteiger partial charge in [-0.25, -0.2) is 0 Å². The van der Waals surface area contributed by atoms with Crippen LogP contribution >= 0.6 is 0 Å². The third-order valence-electron chi connectivity index (χ3n) is 4.69. The number of hydrogen-bond donors (Lipinski definition) is 2. The average Bonchev–Trinajstić information content (AvgIpc) is 3.02. The molecule has 130 valence electrons. The molecule has 2 amide bonds. The van der Waals surface area contributed by atoms with Crippen LogP contribution in [0.4, 0.5) is 0 Å². The van der Waals surface area contributed by atoms with Crippen molar-refractivity contribution in [2.24, 2.45) is 0 Å². The highest BCUT2D eigenvalue weighted by Crippen LogP contribution is 2.22. The van der Waals surface area contributed by atoms with Gasteiger partial charge in [-0.3, -0.25) is 14.5 Å². The van der Waals surface area contributed by atoms with Gasteiger partial charge >= 0.3 is 0 Å². The van der Waals surface area contributed by atoms with Crippen LogP contribution in [0.2, 0.25) is 0 Å². The van der Waals surface area contributed by atoms with Gasteiger partial charge < -0.3 is 15.4 Å². The normalized spacial score (nSPS) is 22.9. The molecular weight excluding hydrogens is 306 g/mol. The van der Waals surface area contributed by atoms with Crippen molar-refractivity contribution in [1.29, 1.82) is 0 Å². The summed E-state index contributed by atoms with van der Waals surface area (Å²) in [7, 11) is 0. The molecule has 2 unspecified atom stereocenters. The van der Waals surface area contributed by atoms with Crippen molar-refractivity contribution in [3.8, 4) is 0 Å². The summed E-state index contributed by atoms with van der Waals surface area (Å²) in [5.41, 5.74) is 2.41. The van der Waals surface area contributed by atoms with Crippen LogP contribution < -0.4 is 10.6 Å². The van der Waals surface area contributed by atoms with Crippen LogP contribution in [-0.2, 0) is 14.3 Å². The van der Waals surface area contributed by atoms with E-state index in [2.05, 4.69) is 46.7 Å². The van der Waals surface area contributed by atoms with E-state index in [1.807, 2.05) is 0 Å². The van der Waals surface area contributed by atoms with E-state index in [4.69, 9.17) is 4.74 Å². The largest absolute Gasteiger partial charge is 0.379 e. The van der Waals surface area contributed by atoms with Gasteiger partial charge in [-0.15, -0.1) is 0 Å². The fraction of sp³-hybridized carbons (Fsp3) is 0.556. The molecule has 1 aromatic rings. The summed E-state index contributed by atoms with van der Waals surface area (Å²) in [6.07, 6.45) is 1.01. The molecule has 2 heterocycles. The van der Waals surface area contributed by atoms with Crippen LogP contribution in [-0.4, -0.2) is 55.6 Å². The summed E-state index contributed by atoms with van der Waals surface area (Å²) >= 11 is 0. The number of hydrogen-bond acceptors (Lipinski definition) is 4. The predicted molar refractivity (Wildman–Crippen MR) is 90.5 cm³/mol. The number of amides is 2. The topological polar surface area (TPSA) is 70.7 Å². The SMILES string of the molecule is Cc1cccc(C(CNC(=O)C2CCC(=O)N2)N2CCOCC2)c1. The van der Waals surface area contributed by atoms with Crippen LogP contribution in [0.3, 0.4) is 0 Å². The van der Waals surface area contributed by atoms with Crippen molar-refractivity contribution in [3.63, 3.8) is 0 Å². The average molecular weight is 331 g/mol. The van der Waals surface area contributed by atoms with E-state index in [1.165, 1.54) is 11.1 Å². The first-order valence-corrected chi connectivity index (χ1v) is 8.59. The Bertz CT molecular complexity index is 599. The number of rotatable bonds is 5. The number of nitrogens with zero attached hydrogens (tertiary/aromatic N) is 1. The number of carbonyl (C=O) groups is 2. The third-order valence-corrected chi connectivity index (χ3v) is 4.69. The smallest absolute Gasteiger partial charge is 0.242 e. The van der Waals surface area contributed by atoms with Gasteiger partial charge in [0.1, 0.15) is 6.04 Å². The maximum atomic E-state index is 12.3. The summed E-state index contributed by atoms with van der Waals surface area (Å²) in [4.78, 5) is 25.9. The standard InChI is InChI=1S/C18H25N3O3/c1-13-3-2-4-14(11-13)16(21-7-9-24-10-8-21)12-19-18(23)15-5-6-17(22)20-15/h2-4,11,15-16H,5-10,12H2,1H3,(H,19,23)(H,20,22). The van der Waals surface area contributed by atoms with Crippen molar-refractivity contribution < 1.29 is 14.3 Å². The molecule has 2 N–H and O–H groups in total. The fourth-order valence-electron chi connectivity index (χ4n) is 3.36. The minimum Gasteiger partial charge on any atom is -0.379 e. The highest BCUT2D eigenvalue weighted by Gasteiger charge is 2.29. The van der Waals surface area contributed by atoms with Gasteiger partial charge in [-0.1, -0.05) is 29.8 Å². The van der Waals surface area contributed by atoms with E-state index in [0.717, 1.165) is 26.3 Å². The molecule has 2 saturated heterocycles. The van der Waals surface area contributed by atoms with Crippen LogP contribution in [0.1, 0.15) is 30.0 Å². The zero-order chi connectivity index (χ0) is 16.9. The Hall–Kier alpha value is -1.92. The molecule has 0 spiro atoms. The van der Waals surface area contributed by atoms with Gasteiger partial charge in [0.05, 0.1) is 19.3 Å². The highest BCUT2D eigenvalue weighted by atomic mass is 16.5. The molecule has 0 bridgehead atoms. The first-order chi connectivity index (χ1) is 11.6. The van der Waals surface area contributed by atoms with E-state index in [0.29, 0.717) is 19.4 Å². The fourth-order valence-corrected chi connectivity index (χ4v) is 3.36. The lowest BCUT2D eigenvalue weighted by atomic mass is 10.0. The lowest BCUT2D eigenvalue weighted by Crippen LogP contribution is -2.47. The Labute approximate surface area is 142 Å². The minimum atomic E-state index is -0.389.